The van der Waals surface area contributed by atoms with Gasteiger partial charge in [-0.15, -0.1) is 0 Å². The second-order valence-corrected chi connectivity index (χ2v) is 5.57. The van der Waals surface area contributed by atoms with Crippen LogP contribution in [0, 0.1) is 11.3 Å². The van der Waals surface area contributed by atoms with Crippen LogP contribution in [0.15, 0.2) is 54.1 Å². The summed E-state index contributed by atoms with van der Waals surface area (Å²) in [7, 11) is 1.54. The lowest BCUT2D eigenvalue weighted by Gasteiger charge is -2.13. The number of carbonyl (C=O) groups excluding carboxylic acids is 1. The van der Waals surface area contributed by atoms with Crippen LogP contribution in [0.3, 0.4) is 0 Å². The van der Waals surface area contributed by atoms with E-state index in [1.165, 1.54) is 6.08 Å². The molecule has 0 spiro atoms. The molecule has 0 unspecified atom stereocenters. The molecule has 0 heterocycles. The van der Waals surface area contributed by atoms with E-state index in [1.807, 2.05) is 38.1 Å². The van der Waals surface area contributed by atoms with E-state index in [1.54, 1.807) is 37.4 Å². The Labute approximate surface area is 147 Å². The monoisotopic (exact) mass is 336 g/mol. The molecule has 0 saturated carbocycles. The number of hydrogen-bond donors (Lipinski definition) is 1. The number of carbonyl (C=O) groups is 1. The van der Waals surface area contributed by atoms with Gasteiger partial charge in [0, 0.05) is 5.69 Å². The second kappa shape index (κ2) is 8.55. The average molecular weight is 336 g/mol. The molecule has 0 aliphatic rings. The molecule has 128 valence electrons. The molecule has 5 nitrogen and oxygen atoms in total. The van der Waals surface area contributed by atoms with Crippen molar-refractivity contribution >= 4 is 17.7 Å². The molecule has 25 heavy (non-hydrogen) atoms. The number of nitriles is 1. The van der Waals surface area contributed by atoms with Gasteiger partial charge in [-0.2, -0.15) is 5.26 Å². The maximum Gasteiger partial charge on any atom is 0.266 e. The van der Waals surface area contributed by atoms with Crippen molar-refractivity contribution in [3.8, 4) is 17.6 Å². The summed E-state index contributed by atoms with van der Waals surface area (Å²) in [5, 5.41) is 12.0. The number of nitrogens with zero attached hydrogens (tertiary/aromatic N) is 1. The summed E-state index contributed by atoms with van der Waals surface area (Å²) >= 11 is 0. The molecule has 0 aromatic heterocycles. The second-order valence-electron chi connectivity index (χ2n) is 5.57. The molecule has 0 aliphatic carbocycles. The number of hydrogen-bond acceptors (Lipinski definition) is 4. The predicted molar refractivity (Wildman–Crippen MR) is 97.4 cm³/mol. The largest absolute Gasteiger partial charge is 0.493 e. The SMILES string of the molecule is COc1cc(C=C(C#N)C(=O)Nc2ccccc2)ccc1OC(C)C. The van der Waals surface area contributed by atoms with Gasteiger partial charge in [0.25, 0.3) is 5.91 Å². The summed E-state index contributed by atoms with van der Waals surface area (Å²) in [6.45, 7) is 3.85. The van der Waals surface area contributed by atoms with Crippen LogP contribution in [-0.2, 0) is 4.79 Å². The normalized spacial score (nSPS) is 10.9. The number of nitrogens with one attached hydrogen (secondary N) is 1. The first-order valence-corrected chi connectivity index (χ1v) is 7.86. The van der Waals surface area contributed by atoms with Gasteiger partial charge < -0.3 is 14.8 Å². The number of methoxy groups -OCH3 is 1. The number of rotatable bonds is 6. The molecule has 0 saturated heterocycles. The first-order valence-electron chi connectivity index (χ1n) is 7.86. The molecular weight excluding hydrogens is 316 g/mol. The highest BCUT2D eigenvalue weighted by atomic mass is 16.5. The highest BCUT2D eigenvalue weighted by Crippen LogP contribution is 2.29. The molecular formula is C20H20N2O3. The van der Waals surface area contributed by atoms with Crippen molar-refractivity contribution in [3.63, 3.8) is 0 Å². The third-order valence-corrected chi connectivity index (χ3v) is 3.26. The van der Waals surface area contributed by atoms with Crippen molar-refractivity contribution in [2.45, 2.75) is 20.0 Å². The first kappa shape index (κ1) is 18.1. The van der Waals surface area contributed by atoms with Crippen LogP contribution in [-0.4, -0.2) is 19.1 Å². The molecule has 2 aromatic rings. The Balaban J connectivity index is 2.24. The quantitative estimate of drug-likeness (QED) is 0.638. The van der Waals surface area contributed by atoms with Gasteiger partial charge in [-0.05, 0) is 49.8 Å². The molecule has 0 aliphatic heterocycles. The fraction of sp³-hybridized carbons (Fsp3) is 0.200. The lowest BCUT2D eigenvalue weighted by molar-refractivity contribution is -0.112. The summed E-state index contributed by atoms with van der Waals surface area (Å²) in [4.78, 5) is 12.3. The fourth-order valence-electron chi connectivity index (χ4n) is 2.16. The Morgan fingerprint density at radius 3 is 2.48 bits per heavy atom. The van der Waals surface area contributed by atoms with E-state index in [9.17, 15) is 10.1 Å². The van der Waals surface area contributed by atoms with E-state index in [4.69, 9.17) is 9.47 Å². The summed E-state index contributed by atoms with van der Waals surface area (Å²) in [6, 6.07) is 16.2. The minimum absolute atomic E-state index is 0.00318. The van der Waals surface area contributed by atoms with Crippen molar-refractivity contribution in [2.24, 2.45) is 0 Å². The van der Waals surface area contributed by atoms with Crippen LogP contribution in [0.25, 0.3) is 6.08 Å². The zero-order valence-corrected chi connectivity index (χ0v) is 14.4. The number of benzene rings is 2. The lowest BCUT2D eigenvalue weighted by Crippen LogP contribution is -2.13. The Kier molecular flexibility index (Phi) is 6.19. The van der Waals surface area contributed by atoms with Crippen molar-refractivity contribution in [3.05, 3.63) is 59.7 Å². The van der Waals surface area contributed by atoms with Crippen molar-refractivity contribution in [2.75, 3.05) is 12.4 Å². The number of ether oxygens (including phenoxy) is 2. The van der Waals surface area contributed by atoms with Gasteiger partial charge in [-0.1, -0.05) is 24.3 Å². The van der Waals surface area contributed by atoms with Crippen LogP contribution >= 0.6 is 0 Å². The van der Waals surface area contributed by atoms with Crippen molar-refractivity contribution < 1.29 is 14.3 Å². The van der Waals surface area contributed by atoms with Gasteiger partial charge in [0.1, 0.15) is 11.6 Å². The Morgan fingerprint density at radius 1 is 1.16 bits per heavy atom. The summed E-state index contributed by atoms with van der Waals surface area (Å²) in [5.41, 5.74) is 1.31. The van der Waals surface area contributed by atoms with Gasteiger partial charge in [0.15, 0.2) is 11.5 Å². The highest BCUT2D eigenvalue weighted by molar-refractivity contribution is 6.09. The third-order valence-electron chi connectivity index (χ3n) is 3.26. The average Bonchev–Trinajstić information content (AvgIpc) is 2.61. The van der Waals surface area contributed by atoms with E-state index in [2.05, 4.69) is 5.32 Å². The lowest BCUT2D eigenvalue weighted by atomic mass is 10.1. The molecule has 0 atom stereocenters. The van der Waals surface area contributed by atoms with E-state index in [0.717, 1.165) is 0 Å². The van der Waals surface area contributed by atoms with Crippen molar-refractivity contribution in [1.29, 1.82) is 5.26 Å². The molecule has 5 heteroatoms. The van der Waals surface area contributed by atoms with Gasteiger partial charge in [0.2, 0.25) is 0 Å². The maximum absolute atomic E-state index is 12.3. The number of para-hydroxylation sites is 1. The third kappa shape index (κ3) is 5.11. The minimum Gasteiger partial charge on any atom is -0.493 e. The van der Waals surface area contributed by atoms with Crippen LogP contribution in [0.5, 0.6) is 11.5 Å². The Hall–Kier alpha value is -3.26. The highest BCUT2D eigenvalue weighted by Gasteiger charge is 2.11. The zero-order chi connectivity index (χ0) is 18.2. The molecule has 2 aromatic carbocycles. The van der Waals surface area contributed by atoms with Gasteiger partial charge >= 0.3 is 0 Å². The van der Waals surface area contributed by atoms with E-state index < -0.39 is 5.91 Å². The zero-order valence-electron chi connectivity index (χ0n) is 14.4. The van der Waals surface area contributed by atoms with Crippen molar-refractivity contribution in [1.82, 2.24) is 0 Å². The fourth-order valence-corrected chi connectivity index (χ4v) is 2.16. The standard InChI is InChI=1S/C20H20N2O3/c1-14(2)25-18-10-9-15(12-19(18)24-3)11-16(13-21)20(23)22-17-7-5-4-6-8-17/h4-12,14H,1-3H3,(H,22,23). The summed E-state index contributed by atoms with van der Waals surface area (Å²) < 4.78 is 11.0. The summed E-state index contributed by atoms with van der Waals surface area (Å²) in [5.74, 6) is 0.695. The van der Waals surface area contributed by atoms with E-state index >= 15 is 0 Å². The van der Waals surface area contributed by atoms with E-state index in [-0.39, 0.29) is 11.7 Å². The smallest absolute Gasteiger partial charge is 0.266 e. The topological polar surface area (TPSA) is 71.3 Å². The number of anilines is 1. The Morgan fingerprint density at radius 2 is 1.88 bits per heavy atom. The molecule has 0 bridgehead atoms. The molecule has 2 rings (SSSR count). The van der Waals surface area contributed by atoms with Gasteiger partial charge in [0.05, 0.1) is 13.2 Å². The predicted octanol–water partition coefficient (Wildman–Crippen LogP) is 4.03. The maximum atomic E-state index is 12.3. The molecule has 1 N–H and O–H groups in total. The van der Waals surface area contributed by atoms with Gasteiger partial charge in [-0.3, -0.25) is 4.79 Å². The van der Waals surface area contributed by atoms with E-state index in [0.29, 0.717) is 22.7 Å². The van der Waals surface area contributed by atoms with Crippen LogP contribution < -0.4 is 14.8 Å². The van der Waals surface area contributed by atoms with Crippen LogP contribution in [0.2, 0.25) is 0 Å². The molecule has 0 radical (unpaired) electrons. The minimum atomic E-state index is -0.463. The van der Waals surface area contributed by atoms with Gasteiger partial charge in [-0.25, -0.2) is 0 Å². The molecule has 0 fully saturated rings. The number of amides is 1. The van der Waals surface area contributed by atoms with Crippen LogP contribution in [0.1, 0.15) is 19.4 Å². The van der Waals surface area contributed by atoms with Crippen LogP contribution in [0.4, 0.5) is 5.69 Å². The summed E-state index contributed by atoms with van der Waals surface area (Å²) in [6.07, 6.45) is 1.53. The molecule has 1 amide bonds. The Bertz CT molecular complexity index is 805. The first-order chi connectivity index (χ1) is 12.0.